The van der Waals surface area contributed by atoms with Gasteiger partial charge in [-0.2, -0.15) is 0 Å². The molecule has 0 atom stereocenters. The van der Waals surface area contributed by atoms with E-state index in [0.29, 0.717) is 17.6 Å². The fraction of sp³-hybridized carbons (Fsp3) is 0.615. The Morgan fingerprint density at radius 2 is 2.11 bits per heavy atom. The van der Waals surface area contributed by atoms with Crippen molar-refractivity contribution in [2.24, 2.45) is 11.3 Å². The first-order valence-corrected chi connectivity index (χ1v) is 6.05. The van der Waals surface area contributed by atoms with Gasteiger partial charge < -0.3 is 10.4 Å². The number of rotatable bonds is 5. The number of carbonyl (C=O) groups is 1. The normalized spacial score (nSPS) is 11.7. The smallest absolute Gasteiger partial charge is 0.339 e. The molecule has 100 valence electrons. The van der Waals surface area contributed by atoms with E-state index in [-0.39, 0.29) is 11.0 Å². The van der Waals surface area contributed by atoms with Crippen molar-refractivity contribution in [2.45, 2.75) is 34.6 Å². The molecule has 0 aliphatic heterocycles. The summed E-state index contributed by atoms with van der Waals surface area (Å²) in [5.41, 5.74) is 0.744. The third kappa shape index (κ3) is 3.42. The van der Waals surface area contributed by atoms with Crippen molar-refractivity contribution in [2.75, 3.05) is 11.9 Å². The van der Waals surface area contributed by atoms with Crippen LogP contribution in [0.25, 0.3) is 0 Å². The molecule has 0 amide bonds. The van der Waals surface area contributed by atoms with Crippen LogP contribution in [0.3, 0.4) is 0 Å². The van der Waals surface area contributed by atoms with E-state index < -0.39 is 5.97 Å². The number of carboxylic acids is 1. The molecule has 1 rings (SSSR count). The molecule has 0 saturated carbocycles. The van der Waals surface area contributed by atoms with Crippen molar-refractivity contribution < 1.29 is 9.90 Å². The van der Waals surface area contributed by atoms with Gasteiger partial charge in [0.25, 0.3) is 0 Å². The summed E-state index contributed by atoms with van der Waals surface area (Å²) in [4.78, 5) is 19.0. The lowest BCUT2D eigenvalue weighted by Crippen LogP contribution is -2.29. The molecule has 0 bridgehead atoms. The zero-order valence-electron chi connectivity index (χ0n) is 11.6. The van der Waals surface area contributed by atoms with Crippen molar-refractivity contribution >= 4 is 11.9 Å². The molecule has 1 aromatic rings. The van der Waals surface area contributed by atoms with Crippen molar-refractivity contribution in [3.8, 4) is 0 Å². The van der Waals surface area contributed by atoms with Crippen LogP contribution in [-0.2, 0) is 0 Å². The average Bonchev–Trinajstić information content (AvgIpc) is 2.25. The first kappa shape index (κ1) is 14.4. The number of carboxylic acid groups (broad SMARTS) is 1. The van der Waals surface area contributed by atoms with E-state index in [1.165, 1.54) is 6.20 Å². The second-order valence-electron chi connectivity index (χ2n) is 5.49. The Morgan fingerprint density at radius 3 is 2.56 bits per heavy atom. The standard InChI is InChI=1S/C13H21N3O2/c1-8(2)13(4,5)7-15-12-14-6-10(11(17)18)9(3)16-12/h6,8H,7H2,1-5H3,(H,17,18)(H,14,15,16). The maximum Gasteiger partial charge on any atom is 0.339 e. The molecular formula is C13H21N3O2. The zero-order chi connectivity index (χ0) is 13.9. The number of hydrogen-bond donors (Lipinski definition) is 2. The number of nitrogens with zero attached hydrogens (tertiary/aromatic N) is 2. The van der Waals surface area contributed by atoms with Crippen LogP contribution in [-0.4, -0.2) is 27.6 Å². The molecule has 18 heavy (non-hydrogen) atoms. The fourth-order valence-corrected chi connectivity index (χ4v) is 1.27. The van der Waals surface area contributed by atoms with E-state index in [1.54, 1.807) is 6.92 Å². The van der Waals surface area contributed by atoms with Crippen LogP contribution in [0.2, 0.25) is 0 Å². The van der Waals surface area contributed by atoms with Gasteiger partial charge in [0.15, 0.2) is 0 Å². The Kier molecular flexibility index (Phi) is 4.27. The number of hydrogen-bond acceptors (Lipinski definition) is 4. The summed E-state index contributed by atoms with van der Waals surface area (Å²) in [6, 6.07) is 0. The number of aryl methyl sites for hydroxylation is 1. The van der Waals surface area contributed by atoms with Crippen LogP contribution in [0.1, 0.15) is 43.7 Å². The topological polar surface area (TPSA) is 75.1 Å². The predicted molar refractivity (Wildman–Crippen MR) is 70.8 cm³/mol. The Balaban J connectivity index is 2.76. The van der Waals surface area contributed by atoms with E-state index >= 15 is 0 Å². The minimum absolute atomic E-state index is 0.128. The van der Waals surface area contributed by atoms with Gasteiger partial charge in [-0.05, 0) is 18.3 Å². The monoisotopic (exact) mass is 251 g/mol. The van der Waals surface area contributed by atoms with Gasteiger partial charge in [0.1, 0.15) is 0 Å². The van der Waals surface area contributed by atoms with Crippen LogP contribution < -0.4 is 5.32 Å². The molecule has 0 aliphatic rings. The Morgan fingerprint density at radius 1 is 1.50 bits per heavy atom. The van der Waals surface area contributed by atoms with Crippen LogP contribution in [0, 0.1) is 18.3 Å². The summed E-state index contributed by atoms with van der Waals surface area (Å²) >= 11 is 0. The lowest BCUT2D eigenvalue weighted by molar-refractivity contribution is 0.0695. The minimum atomic E-state index is -0.999. The quantitative estimate of drug-likeness (QED) is 0.841. The van der Waals surface area contributed by atoms with Gasteiger partial charge in [0, 0.05) is 12.7 Å². The van der Waals surface area contributed by atoms with Gasteiger partial charge in [-0.3, -0.25) is 0 Å². The van der Waals surface area contributed by atoms with Crippen LogP contribution in [0.5, 0.6) is 0 Å². The predicted octanol–water partition coefficient (Wildman–Crippen LogP) is 2.58. The second-order valence-corrected chi connectivity index (χ2v) is 5.49. The molecule has 0 radical (unpaired) electrons. The lowest BCUT2D eigenvalue weighted by atomic mass is 9.81. The number of anilines is 1. The van der Waals surface area contributed by atoms with Crippen molar-refractivity contribution in [1.29, 1.82) is 0 Å². The number of nitrogens with one attached hydrogen (secondary N) is 1. The largest absolute Gasteiger partial charge is 0.478 e. The van der Waals surface area contributed by atoms with Crippen molar-refractivity contribution in [3.05, 3.63) is 17.5 Å². The van der Waals surface area contributed by atoms with Crippen molar-refractivity contribution in [1.82, 2.24) is 9.97 Å². The number of aromatic carboxylic acids is 1. The SMILES string of the molecule is Cc1nc(NCC(C)(C)C(C)C)ncc1C(=O)O. The summed E-state index contributed by atoms with van der Waals surface area (Å²) in [5.74, 6) is 0.0113. The summed E-state index contributed by atoms with van der Waals surface area (Å²) in [6.07, 6.45) is 1.34. The van der Waals surface area contributed by atoms with Crippen LogP contribution in [0.15, 0.2) is 6.20 Å². The van der Waals surface area contributed by atoms with E-state index in [9.17, 15) is 4.79 Å². The van der Waals surface area contributed by atoms with Crippen LogP contribution >= 0.6 is 0 Å². The van der Waals surface area contributed by atoms with E-state index in [4.69, 9.17) is 5.11 Å². The van der Waals surface area contributed by atoms with Gasteiger partial charge >= 0.3 is 5.97 Å². The van der Waals surface area contributed by atoms with Gasteiger partial charge in [-0.15, -0.1) is 0 Å². The van der Waals surface area contributed by atoms with E-state index in [0.717, 1.165) is 6.54 Å². The second kappa shape index (κ2) is 5.33. The summed E-state index contributed by atoms with van der Waals surface area (Å²) in [6.45, 7) is 11.1. The molecule has 0 aromatic carbocycles. The zero-order valence-corrected chi connectivity index (χ0v) is 11.6. The first-order valence-electron chi connectivity index (χ1n) is 6.05. The van der Waals surface area contributed by atoms with Gasteiger partial charge in [-0.1, -0.05) is 27.7 Å². The third-order valence-electron chi connectivity index (χ3n) is 3.47. The minimum Gasteiger partial charge on any atom is -0.478 e. The van der Waals surface area contributed by atoms with Crippen molar-refractivity contribution in [3.63, 3.8) is 0 Å². The van der Waals surface area contributed by atoms with Crippen LogP contribution in [0.4, 0.5) is 5.95 Å². The molecule has 0 fully saturated rings. The molecular weight excluding hydrogens is 230 g/mol. The lowest BCUT2D eigenvalue weighted by Gasteiger charge is -2.29. The molecule has 1 aromatic heterocycles. The summed E-state index contributed by atoms with van der Waals surface area (Å²) in [5, 5.41) is 12.0. The molecule has 0 unspecified atom stereocenters. The van der Waals surface area contributed by atoms with E-state index in [2.05, 4.69) is 43.0 Å². The molecule has 0 spiro atoms. The maximum atomic E-state index is 10.8. The Bertz CT molecular complexity index is 442. The summed E-state index contributed by atoms with van der Waals surface area (Å²) < 4.78 is 0. The van der Waals surface area contributed by atoms with Gasteiger partial charge in [0.05, 0.1) is 11.3 Å². The maximum absolute atomic E-state index is 10.8. The highest BCUT2D eigenvalue weighted by molar-refractivity contribution is 5.88. The molecule has 5 nitrogen and oxygen atoms in total. The summed E-state index contributed by atoms with van der Waals surface area (Å²) in [7, 11) is 0. The highest BCUT2D eigenvalue weighted by Crippen LogP contribution is 2.25. The average molecular weight is 251 g/mol. The first-order chi connectivity index (χ1) is 8.24. The highest BCUT2D eigenvalue weighted by Gasteiger charge is 2.22. The third-order valence-corrected chi connectivity index (χ3v) is 3.47. The number of aromatic nitrogens is 2. The molecule has 2 N–H and O–H groups in total. The molecule has 5 heteroatoms. The fourth-order valence-electron chi connectivity index (χ4n) is 1.27. The Hall–Kier alpha value is -1.65. The Labute approximate surface area is 108 Å². The highest BCUT2D eigenvalue weighted by atomic mass is 16.4. The molecule has 1 heterocycles. The van der Waals surface area contributed by atoms with E-state index in [1.807, 2.05) is 0 Å². The molecule has 0 aliphatic carbocycles. The van der Waals surface area contributed by atoms with Gasteiger partial charge in [-0.25, -0.2) is 14.8 Å². The van der Waals surface area contributed by atoms with Gasteiger partial charge in [0.2, 0.25) is 5.95 Å². The molecule has 0 saturated heterocycles.